The van der Waals surface area contributed by atoms with E-state index in [9.17, 15) is 4.79 Å². The van der Waals surface area contributed by atoms with Crippen LogP contribution in [-0.4, -0.2) is 27.1 Å². The van der Waals surface area contributed by atoms with Crippen molar-refractivity contribution in [2.24, 2.45) is 0 Å². The summed E-state index contributed by atoms with van der Waals surface area (Å²) >= 11 is 0. The number of para-hydroxylation sites is 2. The Hall–Kier alpha value is -2.86. The van der Waals surface area contributed by atoms with Gasteiger partial charge in [0.1, 0.15) is 5.75 Å². The quantitative estimate of drug-likeness (QED) is 0.675. The molecule has 0 fully saturated rings. The van der Waals surface area contributed by atoms with Crippen LogP contribution in [0.5, 0.6) is 5.75 Å². The summed E-state index contributed by atoms with van der Waals surface area (Å²) in [7, 11) is 0. The Morgan fingerprint density at radius 3 is 2.91 bits per heavy atom. The number of ether oxygens (including phenoxy) is 1. The predicted octanol–water partition coefficient (Wildman–Crippen LogP) is 2.46. The Labute approximate surface area is 133 Å². The number of fused-ring (bicyclic) bond motifs is 1. The molecular formula is C17H17N3O3. The van der Waals surface area contributed by atoms with Crippen LogP contribution in [0.3, 0.4) is 0 Å². The molecule has 1 heterocycles. The zero-order valence-corrected chi connectivity index (χ0v) is 12.6. The third kappa shape index (κ3) is 3.49. The summed E-state index contributed by atoms with van der Waals surface area (Å²) in [5.41, 5.74) is 2.37. The third-order valence-corrected chi connectivity index (χ3v) is 3.39. The highest BCUT2D eigenvalue weighted by atomic mass is 16.5. The molecule has 0 saturated heterocycles. The van der Waals surface area contributed by atoms with Crippen LogP contribution in [0.2, 0.25) is 0 Å². The van der Waals surface area contributed by atoms with E-state index in [-0.39, 0.29) is 12.5 Å². The van der Waals surface area contributed by atoms with Gasteiger partial charge < -0.3 is 14.8 Å². The van der Waals surface area contributed by atoms with Crippen molar-refractivity contribution in [3.05, 3.63) is 54.1 Å². The van der Waals surface area contributed by atoms with Crippen LogP contribution in [0.1, 0.15) is 12.5 Å². The highest BCUT2D eigenvalue weighted by Crippen LogP contribution is 2.16. The van der Waals surface area contributed by atoms with Crippen molar-refractivity contribution in [2.45, 2.75) is 19.6 Å². The fraction of sp³-hybridized carbons (Fsp3) is 0.176. The molecule has 2 aromatic carbocycles. The number of amides is 1. The molecule has 1 atom stereocenters. The molecule has 0 saturated carbocycles. The average Bonchev–Trinajstić information content (AvgIpc) is 2.97. The SMILES string of the molecule is CC(Oc1cccc(CO)c1)C(=O)Nc1nc2ccccc2[nH]1. The maximum Gasteiger partial charge on any atom is 0.267 e. The molecule has 6 heteroatoms. The van der Waals surface area contributed by atoms with Gasteiger partial charge in [0.25, 0.3) is 5.91 Å². The van der Waals surface area contributed by atoms with E-state index in [1.54, 1.807) is 31.2 Å². The summed E-state index contributed by atoms with van der Waals surface area (Å²) in [5.74, 6) is 0.609. The molecule has 1 unspecified atom stereocenters. The number of carbonyl (C=O) groups excluding carboxylic acids is 1. The van der Waals surface area contributed by atoms with Crippen molar-refractivity contribution in [1.82, 2.24) is 9.97 Å². The fourth-order valence-electron chi connectivity index (χ4n) is 2.21. The molecule has 3 rings (SSSR count). The lowest BCUT2D eigenvalue weighted by molar-refractivity contribution is -0.122. The van der Waals surface area contributed by atoms with E-state index in [1.165, 1.54) is 0 Å². The molecule has 0 aliphatic heterocycles. The Balaban J connectivity index is 1.67. The number of nitrogens with one attached hydrogen (secondary N) is 2. The van der Waals surface area contributed by atoms with Gasteiger partial charge in [0.05, 0.1) is 17.6 Å². The second-order valence-electron chi connectivity index (χ2n) is 5.16. The lowest BCUT2D eigenvalue weighted by Crippen LogP contribution is -2.30. The van der Waals surface area contributed by atoms with Gasteiger partial charge in [-0.1, -0.05) is 24.3 Å². The first-order chi connectivity index (χ1) is 11.2. The molecule has 23 heavy (non-hydrogen) atoms. The van der Waals surface area contributed by atoms with Gasteiger partial charge in [-0.3, -0.25) is 10.1 Å². The first-order valence-electron chi connectivity index (χ1n) is 7.28. The van der Waals surface area contributed by atoms with Crippen LogP contribution < -0.4 is 10.1 Å². The zero-order valence-electron chi connectivity index (χ0n) is 12.6. The summed E-state index contributed by atoms with van der Waals surface area (Å²) in [6, 6.07) is 14.5. The minimum atomic E-state index is -0.697. The maximum atomic E-state index is 12.2. The molecule has 0 aliphatic carbocycles. The number of hydrogen-bond donors (Lipinski definition) is 3. The number of aromatic nitrogens is 2. The van der Waals surface area contributed by atoms with E-state index >= 15 is 0 Å². The highest BCUT2D eigenvalue weighted by molar-refractivity contribution is 5.94. The summed E-state index contributed by atoms with van der Waals surface area (Å²) < 4.78 is 5.60. The Morgan fingerprint density at radius 2 is 2.13 bits per heavy atom. The van der Waals surface area contributed by atoms with E-state index in [0.717, 1.165) is 16.6 Å². The van der Waals surface area contributed by atoms with Gasteiger partial charge in [-0.15, -0.1) is 0 Å². The van der Waals surface area contributed by atoms with E-state index in [1.807, 2.05) is 24.3 Å². The molecule has 1 amide bonds. The lowest BCUT2D eigenvalue weighted by Gasteiger charge is -2.14. The minimum Gasteiger partial charge on any atom is -0.481 e. The van der Waals surface area contributed by atoms with Crippen molar-refractivity contribution in [1.29, 1.82) is 0 Å². The van der Waals surface area contributed by atoms with Crippen molar-refractivity contribution in [3.63, 3.8) is 0 Å². The lowest BCUT2D eigenvalue weighted by atomic mass is 10.2. The number of imidazole rings is 1. The average molecular weight is 311 g/mol. The number of carbonyl (C=O) groups is 1. The predicted molar refractivity (Wildman–Crippen MR) is 87.2 cm³/mol. The third-order valence-electron chi connectivity index (χ3n) is 3.39. The van der Waals surface area contributed by atoms with Crippen molar-refractivity contribution in [3.8, 4) is 5.75 Å². The van der Waals surface area contributed by atoms with E-state index in [0.29, 0.717) is 11.7 Å². The number of hydrogen-bond acceptors (Lipinski definition) is 4. The van der Waals surface area contributed by atoms with Crippen LogP contribution >= 0.6 is 0 Å². The standard InChI is InChI=1S/C17H17N3O3/c1-11(23-13-6-4-5-12(9-13)10-21)16(22)20-17-18-14-7-2-3-8-15(14)19-17/h2-9,11,21H,10H2,1H3,(H2,18,19,20,22). The number of anilines is 1. The molecule has 1 aromatic heterocycles. The normalized spacial score (nSPS) is 12.1. The fourth-order valence-corrected chi connectivity index (χ4v) is 2.21. The smallest absolute Gasteiger partial charge is 0.267 e. The van der Waals surface area contributed by atoms with Gasteiger partial charge in [0.15, 0.2) is 6.10 Å². The summed E-state index contributed by atoms with van der Waals surface area (Å²) in [6.45, 7) is 1.58. The van der Waals surface area contributed by atoms with Gasteiger partial charge in [-0.2, -0.15) is 0 Å². The number of rotatable bonds is 5. The van der Waals surface area contributed by atoms with Crippen molar-refractivity contribution in [2.75, 3.05) is 5.32 Å². The summed E-state index contributed by atoms with van der Waals surface area (Å²) in [5, 5.41) is 11.8. The number of nitrogens with zero attached hydrogens (tertiary/aromatic N) is 1. The van der Waals surface area contributed by atoms with E-state index < -0.39 is 6.10 Å². The minimum absolute atomic E-state index is 0.0727. The van der Waals surface area contributed by atoms with Crippen LogP contribution in [0.4, 0.5) is 5.95 Å². The molecule has 6 nitrogen and oxygen atoms in total. The number of H-pyrrole nitrogens is 1. The first-order valence-corrected chi connectivity index (χ1v) is 7.28. The van der Waals surface area contributed by atoms with Crippen LogP contribution in [0.15, 0.2) is 48.5 Å². The molecule has 3 N–H and O–H groups in total. The highest BCUT2D eigenvalue weighted by Gasteiger charge is 2.16. The summed E-state index contributed by atoms with van der Waals surface area (Å²) in [6.07, 6.45) is -0.697. The van der Waals surface area contributed by atoms with E-state index in [4.69, 9.17) is 9.84 Å². The Morgan fingerprint density at radius 1 is 1.30 bits per heavy atom. The molecule has 3 aromatic rings. The topological polar surface area (TPSA) is 87.2 Å². The zero-order chi connectivity index (χ0) is 16.2. The number of aromatic amines is 1. The Bertz CT molecular complexity index is 796. The number of aliphatic hydroxyl groups excluding tert-OH is 1. The van der Waals surface area contributed by atoms with Crippen LogP contribution in [0.25, 0.3) is 11.0 Å². The molecule has 118 valence electrons. The second kappa shape index (κ2) is 6.50. The van der Waals surface area contributed by atoms with Gasteiger partial charge in [-0.05, 0) is 36.8 Å². The molecule has 0 spiro atoms. The van der Waals surface area contributed by atoms with Crippen molar-refractivity contribution < 1.29 is 14.6 Å². The number of aliphatic hydroxyl groups is 1. The molecular weight excluding hydrogens is 294 g/mol. The summed E-state index contributed by atoms with van der Waals surface area (Å²) in [4.78, 5) is 19.5. The van der Waals surface area contributed by atoms with Gasteiger partial charge in [-0.25, -0.2) is 4.98 Å². The van der Waals surface area contributed by atoms with E-state index in [2.05, 4.69) is 15.3 Å². The monoisotopic (exact) mass is 311 g/mol. The van der Waals surface area contributed by atoms with Gasteiger partial charge in [0, 0.05) is 0 Å². The number of benzene rings is 2. The van der Waals surface area contributed by atoms with Gasteiger partial charge in [0.2, 0.25) is 5.95 Å². The molecule has 0 aliphatic rings. The second-order valence-corrected chi connectivity index (χ2v) is 5.16. The van der Waals surface area contributed by atoms with Gasteiger partial charge >= 0.3 is 0 Å². The van der Waals surface area contributed by atoms with Crippen molar-refractivity contribution >= 4 is 22.9 Å². The maximum absolute atomic E-state index is 12.2. The molecule has 0 radical (unpaired) electrons. The Kier molecular flexibility index (Phi) is 4.25. The van der Waals surface area contributed by atoms with Crippen LogP contribution in [0, 0.1) is 0 Å². The first kappa shape index (κ1) is 15.1. The largest absolute Gasteiger partial charge is 0.481 e. The molecule has 0 bridgehead atoms. The van der Waals surface area contributed by atoms with Crippen LogP contribution in [-0.2, 0) is 11.4 Å².